The maximum Gasteiger partial charge on any atom is 0.245 e. The number of nitrogen functional groups attached to an aromatic ring is 1. The van der Waals surface area contributed by atoms with Gasteiger partial charge in [-0.2, -0.15) is 5.10 Å². The molecule has 0 bridgehead atoms. The predicted octanol–water partition coefficient (Wildman–Crippen LogP) is 0.638. The van der Waals surface area contributed by atoms with E-state index in [1.54, 1.807) is 0 Å². The summed E-state index contributed by atoms with van der Waals surface area (Å²) in [5.41, 5.74) is 5.67. The van der Waals surface area contributed by atoms with Crippen LogP contribution in [0, 0.1) is 0 Å². The molecule has 8 heteroatoms. The molecule has 0 saturated heterocycles. The number of nitrogens with two attached hydrogens (primary N) is 1. The number of aromatic nitrogens is 2. The zero-order valence-electron chi connectivity index (χ0n) is 12.7. The van der Waals surface area contributed by atoms with Gasteiger partial charge in [-0.15, -0.1) is 0 Å². The number of sulfonamides is 1. The monoisotopic (exact) mass is 315 g/mol. The highest BCUT2D eigenvalue weighted by molar-refractivity contribution is 7.89. The van der Waals surface area contributed by atoms with E-state index in [-0.39, 0.29) is 10.7 Å². The van der Waals surface area contributed by atoms with E-state index in [2.05, 4.69) is 14.7 Å². The molecule has 1 aliphatic carbocycles. The Labute approximate surface area is 126 Å². The van der Waals surface area contributed by atoms with Crippen molar-refractivity contribution in [3.8, 4) is 0 Å². The van der Waals surface area contributed by atoms with E-state index in [0.29, 0.717) is 25.7 Å². The van der Waals surface area contributed by atoms with E-state index in [0.717, 1.165) is 0 Å². The van der Waals surface area contributed by atoms with Gasteiger partial charge in [0.1, 0.15) is 4.90 Å². The third kappa shape index (κ3) is 3.96. The topological polar surface area (TPSA) is 93.2 Å². The fourth-order valence-electron chi connectivity index (χ4n) is 2.75. The van der Waals surface area contributed by atoms with Crippen LogP contribution in [0.15, 0.2) is 11.1 Å². The van der Waals surface area contributed by atoms with Crippen LogP contribution in [0.5, 0.6) is 0 Å². The summed E-state index contributed by atoms with van der Waals surface area (Å²) in [5, 5.41) is 3.97. The van der Waals surface area contributed by atoms with Crippen molar-refractivity contribution in [3.63, 3.8) is 0 Å². The van der Waals surface area contributed by atoms with Crippen molar-refractivity contribution in [1.82, 2.24) is 19.4 Å². The van der Waals surface area contributed by atoms with Crippen molar-refractivity contribution in [2.45, 2.75) is 50.1 Å². The molecule has 0 spiro atoms. The molecule has 1 aromatic heterocycles. The summed E-state index contributed by atoms with van der Waals surface area (Å²) in [5.74, 6) is 0.0495. The summed E-state index contributed by atoms with van der Waals surface area (Å²) in [6, 6.07) is 0.586. The number of hydrogen-bond acceptors (Lipinski definition) is 5. The second kappa shape index (κ2) is 6.76. The Kier molecular flexibility index (Phi) is 5.23. The van der Waals surface area contributed by atoms with E-state index in [1.807, 2.05) is 14.0 Å². The van der Waals surface area contributed by atoms with E-state index in [1.165, 1.54) is 36.6 Å². The standard InChI is InChI=1S/C13H25N5O2S/c1-3-18-10-12(13(14)16-18)21(19,20)15-8-9-17(2)11-6-4-5-7-11/h10-11,15H,3-9H2,1-2H3,(H2,14,16). The van der Waals surface area contributed by atoms with Crippen molar-refractivity contribution in [2.75, 3.05) is 25.9 Å². The quantitative estimate of drug-likeness (QED) is 0.770. The molecule has 0 amide bonds. The predicted molar refractivity (Wildman–Crippen MR) is 82.4 cm³/mol. The second-order valence-corrected chi connectivity index (χ2v) is 7.29. The van der Waals surface area contributed by atoms with E-state index in [4.69, 9.17) is 5.73 Å². The van der Waals surface area contributed by atoms with E-state index in [9.17, 15) is 8.42 Å². The number of hydrogen-bond donors (Lipinski definition) is 2. The number of likely N-dealkylation sites (N-methyl/N-ethyl adjacent to an activating group) is 1. The summed E-state index contributed by atoms with van der Waals surface area (Å²) in [7, 11) is -1.54. The van der Waals surface area contributed by atoms with Crippen LogP contribution in [0.1, 0.15) is 32.6 Å². The van der Waals surface area contributed by atoms with Crippen molar-refractivity contribution in [2.24, 2.45) is 0 Å². The molecular formula is C13H25N5O2S. The molecule has 7 nitrogen and oxygen atoms in total. The highest BCUT2D eigenvalue weighted by Crippen LogP contribution is 2.22. The molecular weight excluding hydrogens is 290 g/mol. The zero-order chi connectivity index (χ0) is 15.5. The first kappa shape index (κ1) is 16.3. The lowest BCUT2D eigenvalue weighted by Crippen LogP contribution is -2.37. The van der Waals surface area contributed by atoms with Crippen LogP contribution in [-0.2, 0) is 16.6 Å². The minimum Gasteiger partial charge on any atom is -0.381 e. The smallest absolute Gasteiger partial charge is 0.245 e. The Morgan fingerprint density at radius 1 is 1.48 bits per heavy atom. The molecule has 2 rings (SSSR count). The summed E-state index contributed by atoms with van der Waals surface area (Å²) >= 11 is 0. The maximum atomic E-state index is 12.2. The van der Waals surface area contributed by atoms with E-state index < -0.39 is 10.0 Å². The summed E-state index contributed by atoms with van der Waals surface area (Å²) < 4.78 is 28.6. The van der Waals surface area contributed by atoms with Gasteiger partial charge < -0.3 is 10.6 Å². The van der Waals surface area contributed by atoms with Gasteiger partial charge in [-0.3, -0.25) is 4.68 Å². The summed E-state index contributed by atoms with van der Waals surface area (Å²) in [4.78, 5) is 2.29. The first-order valence-corrected chi connectivity index (χ1v) is 8.95. The highest BCUT2D eigenvalue weighted by Gasteiger charge is 2.22. The fourth-order valence-corrected chi connectivity index (χ4v) is 3.84. The van der Waals surface area contributed by atoms with Crippen LogP contribution in [0.4, 0.5) is 5.82 Å². The first-order valence-electron chi connectivity index (χ1n) is 7.47. The lowest BCUT2D eigenvalue weighted by atomic mass is 10.2. The Hall–Kier alpha value is -1.12. The summed E-state index contributed by atoms with van der Waals surface area (Å²) in [6.07, 6.45) is 6.43. The SMILES string of the molecule is CCn1cc(S(=O)(=O)NCCN(C)C2CCCC2)c(N)n1. The number of aryl methyl sites for hydroxylation is 1. The Balaban J connectivity index is 1.90. The van der Waals surface area contributed by atoms with Crippen molar-refractivity contribution >= 4 is 15.8 Å². The number of rotatable bonds is 7. The molecule has 0 aromatic carbocycles. The first-order chi connectivity index (χ1) is 9.94. The van der Waals surface area contributed by atoms with Crippen LogP contribution in [0.3, 0.4) is 0 Å². The third-order valence-electron chi connectivity index (χ3n) is 4.07. The third-order valence-corrected chi connectivity index (χ3v) is 5.55. The molecule has 120 valence electrons. The minimum atomic E-state index is -3.58. The van der Waals surface area contributed by atoms with Gasteiger partial charge in [0.25, 0.3) is 0 Å². The van der Waals surface area contributed by atoms with Gasteiger partial charge in [-0.05, 0) is 26.8 Å². The van der Waals surface area contributed by atoms with Gasteiger partial charge >= 0.3 is 0 Å². The van der Waals surface area contributed by atoms with Crippen molar-refractivity contribution in [1.29, 1.82) is 0 Å². The van der Waals surface area contributed by atoms with Crippen LogP contribution < -0.4 is 10.5 Å². The molecule has 1 saturated carbocycles. The molecule has 1 fully saturated rings. The van der Waals surface area contributed by atoms with Crippen LogP contribution >= 0.6 is 0 Å². The van der Waals surface area contributed by atoms with Crippen molar-refractivity contribution < 1.29 is 8.42 Å². The number of nitrogens with one attached hydrogen (secondary N) is 1. The van der Waals surface area contributed by atoms with Gasteiger partial charge in [0, 0.05) is 31.9 Å². The molecule has 1 aliphatic rings. The van der Waals surface area contributed by atoms with E-state index >= 15 is 0 Å². The van der Waals surface area contributed by atoms with Crippen LogP contribution in [0.25, 0.3) is 0 Å². The van der Waals surface area contributed by atoms with Crippen molar-refractivity contribution in [3.05, 3.63) is 6.20 Å². The Morgan fingerprint density at radius 2 is 2.14 bits per heavy atom. The maximum absolute atomic E-state index is 12.2. The largest absolute Gasteiger partial charge is 0.381 e. The highest BCUT2D eigenvalue weighted by atomic mass is 32.2. The molecule has 3 N–H and O–H groups in total. The van der Waals surface area contributed by atoms with Gasteiger partial charge in [0.05, 0.1) is 0 Å². The van der Waals surface area contributed by atoms with Gasteiger partial charge in [0.15, 0.2) is 5.82 Å². The number of nitrogens with zero attached hydrogens (tertiary/aromatic N) is 3. The average molecular weight is 315 g/mol. The normalized spacial score (nSPS) is 16.9. The van der Waals surface area contributed by atoms with Crippen LogP contribution in [0.2, 0.25) is 0 Å². The fraction of sp³-hybridized carbons (Fsp3) is 0.769. The van der Waals surface area contributed by atoms with Gasteiger partial charge in [-0.25, -0.2) is 13.1 Å². The molecule has 21 heavy (non-hydrogen) atoms. The molecule has 1 aromatic rings. The second-order valence-electron chi connectivity index (χ2n) is 5.55. The summed E-state index contributed by atoms with van der Waals surface area (Å²) in [6.45, 7) is 3.55. The molecule has 0 atom stereocenters. The Morgan fingerprint density at radius 3 is 2.71 bits per heavy atom. The van der Waals surface area contributed by atoms with Gasteiger partial charge in [-0.1, -0.05) is 12.8 Å². The minimum absolute atomic E-state index is 0.0495. The number of anilines is 1. The molecule has 1 heterocycles. The molecule has 0 radical (unpaired) electrons. The molecule has 0 aliphatic heterocycles. The van der Waals surface area contributed by atoms with Gasteiger partial charge in [0.2, 0.25) is 10.0 Å². The Bertz CT molecular complexity index is 563. The zero-order valence-corrected chi connectivity index (χ0v) is 13.6. The average Bonchev–Trinajstić information content (AvgIpc) is 3.07. The molecule has 0 unspecified atom stereocenters. The lowest BCUT2D eigenvalue weighted by molar-refractivity contribution is 0.250. The van der Waals surface area contributed by atoms with Crippen LogP contribution in [-0.4, -0.2) is 49.3 Å². The lowest BCUT2D eigenvalue weighted by Gasteiger charge is -2.23.